The van der Waals surface area contributed by atoms with Gasteiger partial charge in [-0.15, -0.1) is 0 Å². The van der Waals surface area contributed by atoms with Crippen LogP contribution in [-0.4, -0.2) is 5.91 Å². The minimum Gasteiger partial charge on any atom is -0.467 e. The normalized spacial score (nSPS) is 10.2. The van der Waals surface area contributed by atoms with Crippen LogP contribution in [0.3, 0.4) is 0 Å². The first kappa shape index (κ1) is 11.4. The Balaban J connectivity index is 2.02. The first-order chi connectivity index (χ1) is 8.16. The quantitative estimate of drug-likeness (QED) is 0.885. The van der Waals surface area contributed by atoms with E-state index >= 15 is 0 Å². The van der Waals surface area contributed by atoms with Gasteiger partial charge in [0.2, 0.25) is 0 Å². The van der Waals surface area contributed by atoms with Crippen LogP contribution in [0, 0.1) is 12.7 Å². The molecule has 1 N–H and O–H groups in total. The molecular formula is C13H12FNO2. The van der Waals surface area contributed by atoms with Gasteiger partial charge in [0.1, 0.15) is 11.6 Å². The van der Waals surface area contributed by atoms with E-state index in [0.29, 0.717) is 23.4 Å². The predicted octanol–water partition coefficient (Wildman–Crippen LogP) is 2.66. The minimum absolute atomic E-state index is 0.246. The third-order valence-corrected chi connectivity index (χ3v) is 2.42. The van der Waals surface area contributed by atoms with Crippen LogP contribution in [0.15, 0.2) is 41.0 Å². The SMILES string of the molecule is Cc1cc(C(=O)NCc2ccco2)ccc1F. The summed E-state index contributed by atoms with van der Waals surface area (Å²) < 4.78 is 18.1. The summed E-state index contributed by atoms with van der Waals surface area (Å²) in [4.78, 5) is 11.7. The van der Waals surface area contributed by atoms with Gasteiger partial charge in [-0.05, 0) is 42.8 Å². The zero-order chi connectivity index (χ0) is 12.3. The lowest BCUT2D eigenvalue weighted by Gasteiger charge is -2.04. The minimum atomic E-state index is -0.312. The second-order valence-electron chi connectivity index (χ2n) is 3.73. The van der Waals surface area contributed by atoms with Gasteiger partial charge >= 0.3 is 0 Å². The number of hydrogen-bond acceptors (Lipinski definition) is 2. The number of carbonyl (C=O) groups excluding carboxylic acids is 1. The molecule has 2 aromatic rings. The summed E-state index contributed by atoms with van der Waals surface area (Å²) in [7, 11) is 0. The highest BCUT2D eigenvalue weighted by atomic mass is 19.1. The second kappa shape index (κ2) is 4.82. The Morgan fingerprint density at radius 3 is 2.88 bits per heavy atom. The second-order valence-corrected chi connectivity index (χ2v) is 3.73. The smallest absolute Gasteiger partial charge is 0.251 e. The predicted molar refractivity (Wildman–Crippen MR) is 61.0 cm³/mol. The van der Waals surface area contributed by atoms with Crippen LogP contribution in [0.4, 0.5) is 4.39 Å². The van der Waals surface area contributed by atoms with Crippen LogP contribution < -0.4 is 5.32 Å². The molecule has 0 radical (unpaired) electrons. The summed E-state index contributed by atoms with van der Waals surface area (Å²) in [5.41, 5.74) is 0.895. The summed E-state index contributed by atoms with van der Waals surface area (Å²) in [6.07, 6.45) is 1.55. The van der Waals surface area contributed by atoms with Crippen LogP contribution in [-0.2, 0) is 6.54 Å². The first-order valence-corrected chi connectivity index (χ1v) is 5.23. The maximum atomic E-state index is 13.0. The summed E-state index contributed by atoms with van der Waals surface area (Å²) in [6.45, 7) is 1.95. The Labute approximate surface area is 98.3 Å². The van der Waals surface area contributed by atoms with Gasteiger partial charge in [-0.3, -0.25) is 4.79 Å². The number of aryl methyl sites for hydroxylation is 1. The maximum Gasteiger partial charge on any atom is 0.251 e. The largest absolute Gasteiger partial charge is 0.467 e. The molecule has 0 atom stereocenters. The molecule has 0 bridgehead atoms. The molecule has 3 nitrogen and oxygen atoms in total. The van der Waals surface area contributed by atoms with Crippen molar-refractivity contribution >= 4 is 5.91 Å². The molecule has 0 aliphatic carbocycles. The third-order valence-electron chi connectivity index (χ3n) is 2.42. The van der Waals surface area contributed by atoms with Gasteiger partial charge in [-0.25, -0.2) is 4.39 Å². The Hall–Kier alpha value is -2.10. The molecule has 17 heavy (non-hydrogen) atoms. The number of nitrogens with one attached hydrogen (secondary N) is 1. The van der Waals surface area contributed by atoms with Gasteiger partial charge in [0.15, 0.2) is 0 Å². The maximum absolute atomic E-state index is 13.0. The van der Waals surface area contributed by atoms with Crippen LogP contribution in [0.2, 0.25) is 0 Å². The molecule has 2 rings (SSSR count). The Morgan fingerprint density at radius 2 is 2.24 bits per heavy atom. The lowest BCUT2D eigenvalue weighted by atomic mass is 10.1. The highest BCUT2D eigenvalue weighted by Gasteiger charge is 2.07. The highest BCUT2D eigenvalue weighted by Crippen LogP contribution is 2.09. The van der Waals surface area contributed by atoms with Gasteiger partial charge in [0.25, 0.3) is 5.91 Å². The van der Waals surface area contributed by atoms with Gasteiger partial charge in [0.05, 0.1) is 12.8 Å². The van der Waals surface area contributed by atoms with Crippen molar-refractivity contribution in [1.29, 1.82) is 0 Å². The molecule has 1 aromatic heterocycles. The summed E-state index contributed by atoms with van der Waals surface area (Å²) in [6, 6.07) is 7.80. The Bertz CT molecular complexity index is 520. The molecule has 0 aliphatic heterocycles. The van der Waals surface area contributed by atoms with Crippen molar-refractivity contribution in [1.82, 2.24) is 5.32 Å². The van der Waals surface area contributed by atoms with Crippen molar-refractivity contribution in [2.75, 3.05) is 0 Å². The van der Waals surface area contributed by atoms with Gasteiger partial charge in [-0.2, -0.15) is 0 Å². The average molecular weight is 233 g/mol. The van der Waals surface area contributed by atoms with Crippen LogP contribution in [0.5, 0.6) is 0 Å². The van der Waals surface area contributed by atoms with Gasteiger partial charge < -0.3 is 9.73 Å². The Morgan fingerprint density at radius 1 is 1.41 bits per heavy atom. The van der Waals surface area contributed by atoms with E-state index in [2.05, 4.69) is 5.32 Å². The molecule has 1 heterocycles. The van der Waals surface area contributed by atoms with E-state index in [0.717, 1.165) is 0 Å². The number of carbonyl (C=O) groups is 1. The van der Waals surface area contributed by atoms with Gasteiger partial charge in [-0.1, -0.05) is 0 Å². The van der Waals surface area contributed by atoms with Gasteiger partial charge in [0, 0.05) is 5.56 Å². The van der Waals surface area contributed by atoms with E-state index in [4.69, 9.17) is 4.42 Å². The lowest BCUT2D eigenvalue weighted by Crippen LogP contribution is -2.22. The molecule has 0 spiro atoms. The average Bonchev–Trinajstić information content (AvgIpc) is 2.82. The lowest BCUT2D eigenvalue weighted by molar-refractivity contribution is 0.0948. The molecule has 0 saturated heterocycles. The van der Waals surface area contributed by atoms with E-state index in [-0.39, 0.29) is 11.7 Å². The zero-order valence-corrected chi connectivity index (χ0v) is 9.37. The van der Waals surface area contributed by atoms with Crippen molar-refractivity contribution in [2.45, 2.75) is 13.5 Å². The number of halogens is 1. The fourth-order valence-electron chi connectivity index (χ4n) is 1.47. The highest BCUT2D eigenvalue weighted by molar-refractivity contribution is 5.94. The van der Waals surface area contributed by atoms with Crippen molar-refractivity contribution in [3.05, 3.63) is 59.3 Å². The summed E-state index contributed by atoms with van der Waals surface area (Å²) in [5.74, 6) is 0.120. The molecule has 0 aliphatic rings. The molecule has 1 amide bonds. The first-order valence-electron chi connectivity index (χ1n) is 5.23. The molecule has 0 fully saturated rings. The van der Waals surface area contributed by atoms with E-state index in [9.17, 15) is 9.18 Å². The standard InChI is InChI=1S/C13H12FNO2/c1-9-7-10(4-5-12(9)14)13(16)15-8-11-3-2-6-17-11/h2-7H,8H2,1H3,(H,15,16). The number of furan rings is 1. The zero-order valence-electron chi connectivity index (χ0n) is 9.37. The van der Waals surface area contributed by atoms with Crippen molar-refractivity contribution in [2.24, 2.45) is 0 Å². The summed E-state index contributed by atoms with van der Waals surface area (Å²) >= 11 is 0. The van der Waals surface area contributed by atoms with Crippen molar-refractivity contribution in [3.63, 3.8) is 0 Å². The fourth-order valence-corrected chi connectivity index (χ4v) is 1.47. The van der Waals surface area contributed by atoms with E-state index in [1.807, 2.05) is 0 Å². The third kappa shape index (κ3) is 2.72. The molecule has 0 saturated carbocycles. The topological polar surface area (TPSA) is 42.2 Å². The van der Waals surface area contributed by atoms with Crippen molar-refractivity contribution in [3.8, 4) is 0 Å². The Kier molecular flexibility index (Phi) is 3.23. The molecule has 0 unspecified atom stereocenters. The van der Waals surface area contributed by atoms with Crippen molar-refractivity contribution < 1.29 is 13.6 Å². The molecule has 88 valence electrons. The monoisotopic (exact) mass is 233 g/mol. The number of rotatable bonds is 3. The van der Waals surface area contributed by atoms with E-state index in [1.165, 1.54) is 18.2 Å². The van der Waals surface area contributed by atoms with E-state index < -0.39 is 0 Å². The van der Waals surface area contributed by atoms with Crippen LogP contribution >= 0.6 is 0 Å². The fraction of sp³-hybridized carbons (Fsp3) is 0.154. The molecule has 4 heteroatoms. The van der Waals surface area contributed by atoms with E-state index in [1.54, 1.807) is 25.3 Å². The molecular weight excluding hydrogens is 221 g/mol. The number of benzene rings is 1. The number of hydrogen-bond donors (Lipinski definition) is 1. The summed E-state index contributed by atoms with van der Waals surface area (Å²) in [5, 5.41) is 2.69. The number of amides is 1. The van der Waals surface area contributed by atoms with Crippen LogP contribution in [0.1, 0.15) is 21.7 Å². The molecule has 1 aromatic carbocycles. The van der Waals surface area contributed by atoms with Crippen LogP contribution in [0.25, 0.3) is 0 Å².